The number of fused-ring (bicyclic) bond motifs is 2. The SMILES string of the molecule is O=C(CCCN1C(=O)[C@@H]2Cc3ccccc3CN2C1=O)NCCCN1CCOCC1. The van der Waals surface area contributed by atoms with Gasteiger partial charge in [-0.3, -0.25) is 19.4 Å². The van der Waals surface area contributed by atoms with Gasteiger partial charge in [0.1, 0.15) is 6.04 Å². The molecule has 1 N–H and O–H groups in total. The van der Waals surface area contributed by atoms with Gasteiger partial charge in [0.2, 0.25) is 5.91 Å². The molecule has 2 fully saturated rings. The third-order valence-corrected chi connectivity index (χ3v) is 6.14. The topological polar surface area (TPSA) is 82.2 Å². The zero-order chi connectivity index (χ0) is 20.9. The maximum atomic E-state index is 12.7. The van der Waals surface area contributed by atoms with E-state index in [2.05, 4.69) is 10.2 Å². The number of hydrogen-bond acceptors (Lipinski definition) is 5. The molecule has 0 radical (unpaired) electrons. The number of amides is 4. The second-order valence-corrected chi connectivity index (χ2v) is 8.15. The van der Waals surface area contributed by atoms with Crippen molar-refractivity contribution in [2.75, 3.05) is 45.9 Å². The van der Waals surface area contributed by atoms with Gasteiger partial charge in [0, 0.05) is 45.6 Å². The van der Waals surface area contributed by atoms with Gasteiger partial charge in [0.15, 0.2) is 0 Å². The first kappa shape index (κ1) is 20.8. The van der Waals surface area contributed by atoms with Crippen molar-refractivity contribution in [3.05, 3.63) is 35.4 Å². The molecule has 0 saturated carbocycles. The number of morpholine rings is 1. The number of carbonyl (C=O) groups is 3. The van der Waals surface area contributed by atoms with Crippen LogP contribution in [-0.4, -0.2) is 84.5 Å². The molecule has 3 aliphatic heterocycles. The Kier molecular flexibility index (Phi) is 6.64. The van der Waals surface area contributed by atoms with Crippen LogP contribution in [0.25, 0.3) is 0 Å². The Morgan fingerprint density at radius 2 is 1.83 bits per heavy atom. The molecule has 1 atom stereocenters. The molecular weight excluding hydrogens is 384 g/mol. The van der Waals surface area contributed by atoms with E-state index in [1.54, 1.807) is 4.90 Å². The predicted molar refractivity (Wildman–Crippen MR) is 111 cm³/mol. The molecule has 0 aromatic heterocycles. The minimum Gasteiger partial charge on any atom is -0.379 e. The van der Waals surface area contributed by atoms with E-state index in [9.17, 15) is 14.4 Å². The third-order valence-electron chi connectivity index (χ3n) is 6.14. The standard InChI is InChI=1S/C22H30N4O4/c27-20(23-8-4-9-24-11-13-30-14-12-24)7-3-10-25-21(28)19-15-17-5-1-2-6-18(17)16-26(19)22(25)29/h1-2,5-6,19H,3-4,7-16H2,(H,23,27)/t19-/m0/s1. The summed E-state index contributed by atoms with van der Waals surface area (Å²) in [5.41, 5.74) is 2.24. The van der Waals surface area contributed by atoms with Gasteiger partial charge in [-0.05, 0) is 30.5 Å². The van der Waals surface area contributed by atoms with Crippen LogP contribution < -0.4 is 5.32 Å². The number of imide groups is 1. The van der Waals surface area contributed by atoms with Gasteiger partial charge in [-0.25, -0.2) is 4.79 Å². The van der Waals surface area contributed by atoms with Gasteiger partial charge < -0.3 is 15.0 Å². The molecule has 3 aliphatic rings. The summed E-state index contributed by atoms with van der Waals surface area (Å²) in [6, 6.07) is 7.32. The van der Waals surface area contributed by atoms with Crippen molar-refractivity contribution in [1.29, 1.82) is 0 Å². The van der Waals surface area contributed by atoms with Crippen molar-refractivity contribution in [2.45, 2.75) is 38.3 Å². The largest absolute Gasteiger partial charge is 0.379 e. The van der Waals surface area contributed by atoms with Crippen LogP contribution in [0.15, 0.2) is 24.3 Å². The highest BCUT2D eigenvalue weighted by Gasteiger charge is 2.46. The number of ether oxygens (including phenoxy) is 1. The van der Waals surface area contributed by atoms with Crippen LogP contribution in [0.4, 0.5) is 4.79 Å². The van der Waals surface area contributed by atoms with E-state index in [4.69, 9.17) is 4.74 Å². The smallest absolute Gasteiger partial charge is 0.327 e. The molecule has 0 spiro atoms. The first-order chi connectivity index (χ1) is 14.6. The zero-order valence-electron chi connectivity index (χ0n) is 17.3. The summed E-state index contributed by atoms with van der Waals surface area (Å²) in [7, 11) is 0. The molecule has 8 heteroatoms. The summed E-state index contributed by atoms with van der Waals surface area (Å²) in [5, 5.41) is 2.94. The Hall–Kier alpha value is -2.45. The lowest BCUT2D eigenvalue weighted by atomic mass is 9.95. The van der Waals surface area contributed by atoms with Gasteiger partial charge in [0.05, 0.1) is 13.2 Å². The van der Waals surface area contributed by atoms with Crippen LogP contribution in [-0.2, 0) is 27.3 Å². The van der Waals surface area contributed by atoms with Crippen LogP contribution in [0.1, 0.15) is 30.4 Å². The van der Waals surface area contributed by atoms with Gasteiger partial charge in [-0.2, -0.15) is 0 Å². The van der Waals surface area contributed by atoms with Crippen molar-refractivity contribution >= 4 is 17.8 Å². The zero-order valence-corrected chi connectivity index (χ0v) is 17.3. The van der Waals surface area contributed by atoms with Gasteiger partial charge in [-0.15, -0.1) is 0 Å². The van der Waals surface area contributed by atoms with Gasteiger partial charge >= 0.3 is 6.03 Å². The Bertz CT molecular complexity index is 750. The molecule has 1 aromatic carbocycles. The molecule has 0 unspecified atom stereocenters. The number of hydrogen-bond donors (Lipinski definition) is 1. The van der Waals surface area contributed by atoms with E-state index in [0.29, 0.717) is 38.9 Å². The molecule has 8 nitrogen and oxygen atoms in total. The second-order valence-electron chi connectivity index (χ2n) is 8.15. The number of urea groups is 1. The molecule has 30 heavy (non-hydrogen) atoms. The minimum absolute atomic E-state index is 0.0267. The fourth-order valence-electron chi connectivity index (χ4n) is 4.42. The highest BCUT2D eigenvalue weighted by atomic mass is 16.5. The Morgan fingerprint density at radius 1 is 1.07 bits per heavy atom. The molecule has 4 rings (SSSR count). The summed E-state index contributed by atoms with van der Waals surface area (Å²) >= 11 is 0. The lowest BCUT2D eigenvalue weighted by Gasteiger charge is -2.28. The van der Waals surface area contributed by atoms with Crippen molar-refractivity contribution in [2.24, 2.45) is 0 Å². The number of carbonyl (C=O) groups excluding carboxylic acids is 3. The monoisotopic (exact) mass is 414 g/mol. The normalized spacial score (nSPS) is 21.5. The first-order valence-electron chi connectivity index (χ1n) is 10.9. The van der Waals surface area contributed by atoms with Crippen LogP contribution in [0.3, 0.4) is 0 Å². The van der Waals surface area contributed by atoms with Crippen LogP contribution >= 0.6 is 0 Å². The minimum atomic E-state index is -0.401. The van der Waals surface area contributed by atoms with E-state index in [1.165, 1.54) is 4.90 Å². The van der Waals surface area contributed by atoms with Crippen LogP contribution in [0.5, 0.6) is 0 Å². The van der Waals surface area contributed by atoms with E-state index < -0.39 is 6.04 Å². The summed E-state index contributed by atoms with van der Waals surface area (Å²) in [6.45, 7) is 5.85. The molecule has 4 amide bonds. The molecule has 0 bridgehead atoms. The maximum absolute atomic E-state index is 12.7. The fourth-order valence-corrected chi connectivity index (χ4v) is 4.42. The molecule has 162 valence electrons. The third kappa shape index (κ3) is 4.65. The van der Waals surface area contributed by atoms with E-state index >= 15 is 0 Å². The average molecular weight is 415 g/mol. The molecule has 0 aliphatic carbocycles. The van der Waals surface area contributed by atoms with Crippen LogP contribution in [0, 0.1) is 0 Å². The lowest BCUT2D eigenvalue weighted by molar-refractivity contribution is -0.129. The molecule has 2 saturated heterocycles. The van der Waals surface area contributed by atoms with E-state index in [1.807, 2.05) is 24.3 Å². The van der Waals surface area contributed by atoms with E-state index in [-0.39, 0.29) is 17.8 Å². The van der Waals surface area contributed by atoms with Crippen molar-refractivity contribution in [3.63, 3.8) is 0 Å². The molecule has 3 heterocycles. The average Bonchev–Trinajstić information content (AvgIpc) is 3.00. The highest BCUT2D eigenvalue weighted by Crippen LogP contribution is 2.30. The predicted octanol–water partition coefficient (Wildman–Crippen LogP) is 0.994. The summed E-state index contributed by atoms with van der Waals surface area (Å²) in [4.78, 5) is 42.9. The van der Waals surface area contributed by atoms with Crippen molar-refractivity contribution in [3.8, 4) is 0 Å². The summed E-state index contributed by atoms with van der Waals surface area (Å²) in [5.74, 6) is -0.165. The fraction of sp³-hybridized carbons (Fsp3) is 0.591. The Morgan fingerprint density at radius 3 is 2.63 bits per heavy atom. The van der Waals surface area contributed by atoms with Crippen molar-refractivity contribution < 1.29 is 19.1 Å². The molecule has 1 aromatic rings. The Labute approximate surface area is 177 Å². The second kappa shape index (κ2) is 9.57. The van der Waals surface area contributed by atoms with Gasteiger partial charge in [-0.1, -0.05) is 24.3 Å². The van der Waals surface area contributed by atoms with E-state index in [0.717, 1.165) is 50.4 Å². The molecular formula is C22H30N4O4. The van der Waals surface area contributed by atoms with Crippen LogP contribution in [0.2, 0.25) is 0 Å². The van der Waals surface area contributed by atoms with Gasteiger partial charge in [0.25, 0.3) is 5.91 Å². The number of rotatable bonds is 8. The summed E-state index contributed by atoms with van der Waals surface area (Å²) < 4.78 is 5.33. The van der Waals surface area contributed by atoms with Crippen molar-refractivity contribution in [1.82, 2.24) is 20.0 Å². The maximum Gasteiger partial charge on any atom is 0.327 e. The summed E-state index contributed by atoms with van der Waals surface area (Å²) in [6.07, 6.45) is 2.28. The first-order valence-corrected chi connectivity index (χ1v) is 10.9. The highest BCUT2D eigenvalue weighted by molar-refractivity contribution is 6.04. The Balaban J connectivity index is 1.17. The lowest BCUT2D eigenvalue weighted by Crippen LogP contribution is -2.39. The quantitative estimate of drug-likeness (QED) is 0.507. The number of nitrogens with one attached hydrogen (secondary N) is 1. The number of benzene rings is 1. The number of nitrogens with zero attached hydrogens (tertiary/aromatic N) is 3.